The first-order valence-corrected chi connectivity index (χ1v) is 8.69. The van der Waals surface area contributed by atoms with Crippen molar-refractivity contribution in [2.45, 2.75) is 45.3 Å². The van der Waals surface area contributed by atoms with E-state index in [2.05, 4.69) is 10.3 Å². The van der Waals surface area contributed by atoms with Crippen molar-refractivity contribution in [3.63, 3.8) is 0 Å². The van der Waals surface area contributed by atoms with E-state index in [1.807, 2.05) is 20.8 Å². The molecule has 6 heteroatoms. The van der Waals surface area contributed by atoms with E-state index >= 15 is 0 Å². The molecule has 0 fully saturated rings. The molecule has 0 bridgehead atoms. The summed E-state index contributed by atoms with van der Waals surface area (Å²) in [4.78, 5) is 17.5. The molecule has 2 unspecified atom stereocenters. The van der Waals surface area contributed by atoms with Crippen LogP contribution < -0.4 is 10.1 Å². The van der Waals surface area contributed by atoms with Gasteiger partial charge in [0, 0.05) is 5.41 Å². The Morgan fingerprint density at radius 3 is 2.46 bits per heavy atom. The molecule has 0 aliphatic rings. The quantitative estimate of drug-likeness (QED) is 0.870. The summed E-state index contributed by atoms with van der Waals surface area (Å²) in [5.41, 5.74) is 2.98. The number of rotatable bonds is 5. The average Bonchev–Trinajstić information content (AvgIpc) is 3.04. The van der Waals surface area contributed by atoms with Crippen molar-refractivity contribution in [3.05, 3.63) is 45.9 Å². The number of aliphatic hydroxyl groups is 1. The third-order valence-corrected chi connectivity index (χ3v) is 4.60. The van der Waals surface area contributed by atoms with Crippen LogP contribution >= 0.6 is 11.3 Å². The first-order chi connectivity index (χ1) is 11.2. The molecular formula is C18H24N2O3S. The largest absolute Gasteiger partial charge is 0.497 e. The van der Waals surface area contributed by atoms with E-state index < -0.39 is 12.1 Å². The van der Waals surface area contributed by atoms with E-state index in [4.69, 9.17) is 4.74 Å². The molecule has 2 aromatic rings. The number of ether oxygens (including phenoxy) is 1. The van der Waals surface area contributed by atoms with Crippen LogP contribution in [-0.4, -0.2) is 29.1 Å². The molecule has 1 aromatic heterocycles. The van der Waals surface area contributed by atoms with E-state index in [1.54, 1.807) is 43.8 Å². The molecule has 1 heterocycles. The van der Waals surface area contributed by atoms with Crippen LogP contribution in [0, 0.1) is 0 Å². The number of carbonyl (C=O) groups excluding carboxylic acids is 1. The predicted molar refractivity (Wildman–Crippen MR) is 95.7 cm³/mol. The van der Waals surface area contributed by atoms with Gasteiger partial charge in [-0.25, -0.2) is 4.98 Å². The average molecular weight is 348 g/mol. The maximum absolute atomic E-state index is 12.5. The molecule has 2 N–H and O–H groups in total. The summed E-state index contributed by atoms with van der Waals surface area (Å²) in [5, 5.41) is 13.3. The van der Waals surface area contributed by atoms with Crippen LogP contribution in [0.1, 0.15) is 54.7 Å². The number of benzene rings is 1. The Morgan fingerprint density at radius 2 is 1.92 bits per heavy atom. The fourth-order valence-corrected chi connectivity index (χ4v) is 3.28. The highest BCUT2D eigenvalue weighted by Crippen LogP contribution is 2.27. The lowest BCUT2D eigenvalue weighted by molar-refractivity contribution is 0.0853. The minimum absolute atomic E-state index is 0.204. The van der Waals surface area contributed by atoms with Gasteiger partial charge in [0.1, 0.15) is 10.6 Å². The van der Waals surface area contributed by atoms with Gasteiger partial charge >= 0.3 is 0 Å². The normalized spacial score (nSPS) is 14.1. The van der Waals surface area contributed by atoms with Gasteiger partial charge in [0.2, 0.25) is 0 Å². The van der Waals surface area contributed by atoms with E-state index in [9.17, 15) is 9.90 Å². The standard InChI is InChI=1S/C18H24N2O3S/c1-11(14(21)12-6-8-13(23-5)9-7-12)20-17(22)15-16(18(2,3)4)19-10-24-15/h6-11,14,21H,1-5H3,(H,20,22). The highest BCUT2D eigenvalue weighted by Gasteiger charge is 2.27. The topological polar surface area (TPSA) is 71.5 Å². The second kappa shape index (κ2) is 7.32. The van der Waals surface area contributed by atoms with Crippen molar-refractivity contribution in [1.82, 2.24) is 10.3 Å². The van der Waals surface area contributed by atoms with Gasteiger partial charge in [0.15, 0.2) is 0 Å². The summed E-state index contributed by atoms with van der Waals surface area (Å²) in [6.45, 7) is 7.85. The number of nitrogens with one attached hydrogen (secondary N) is 1. The Hall–Kier alpha value is -1.92. The fourth-order valence-electron chi connectivity index (χ4n) is 2.38. The fraction of sp³-hybridized carbons (Fsp3) is 0.444. The number of hydrogen-bond acceptors (Lipinski definition) is 5. The van der Waals surface area contributed by atoms with Gasteiger partial charge in [-0.3, -0.25) is 4.79 Å². The maximum Gasteiger partial charge on any atom is 0.263 e. The third-order valence-electron chi connectivity index (χ3n) is 3.77. The SMILES string of the molecule is COc1ccc(C(O)C(C)NC(=O)c2scnc2C(C)(C)C)cc1. The Morgan fingerprint density at radius 1 is 1.29 bits per heavy atom. The second-order valence-corrected chi connectivity index (χ2v) is 7.61. The number of thiazole rings is 1. The van der Waals surface area contributed by atoms with Crippen molar-refractivity contribution in [2.75, 3.05) is 7.11 Å². The highest BCUT2D eigenvalue weighted by molar-refractivity contribution is 7.11. The zero-order valence-electron chi connectivity index (χ0n) is 14.7. The molecule has 0 radical (unpaired) electrons. The molecule has 0 saturated heterocycles. The van der Waals surface area contributed by atoms with Crippen molar-refractivity contribution in [1.29, 1.82) is 0 Å². The Labute approximate surface area is 146 Å². The number of hydrogen-bond donors (Lipinski definition) is 2. The summed E-state index contributed by atoms with van der Waals surface area (Å²) in [6.07, 6.45) is -0.800. The van der Waals surface area contributed by atoms with E-state index in [0.29, 0.717) is 4.88 Å². The van der Waals surface area contributed by atoms with Crippen molar-refractivity contribution in [2.24, 2.45) is 0 Å². The van der Waals surface area contributed by atoms with Gasteiger partial charge < -0.3 is 15.2 Å². The summed E-state index contributed by atoms with van der Waals surface area (Å²) in [6, 6.07) is 6.72. The van der Waals surface area contributed by atoms with Gasteiger partial charge in [-0.05, 0) is 24.6 Å². The van der Waals surface area contributed by atoms with Crippen LogP contribution in [0.25, 0.3) is 0 Å². The zero-order valence-corrected chi connectivity index (χ0v) is 15.5. The summed E-state index contributed by atoms with van der Waals surface area (Å²) in [7, 11) is 1.59. The number of amides is 1. The summed E-state index contributed by atoms with van der Waals surface area (Å²) >= 11 is 1.32. The predicted octanol–water partition coefficient (Wildman–Crippen LogP) is 3.30. The molecule has 2 atom stereocenters. The number of aliphatic hydroxyl groups excluding tert-OH is 1. The molecule has 0 aliphatic heterocycles. The van der Waals surface area contributed by atoms with Crippen molar-refractivity contribution < 1.29 is 14.6 Å². The Balaban J connectivity index is 2.09. The summed E-state index contributed by atoms with van der Waals surface area (Å²) < 4.78 is 5.11. The second-order valence-electron chi connectivity index (χ2n) is 6.76. The molecule has 130 valence electrons. The van der Waals surface area contributed by atoms with Gasteiger partial charge in [0.05, 0.1) is 30.5 Å². The lowest BCUT2D eigenvalue weighted by Gasteiger charge is -2.22. The maximum atomic E-state index is 12.5. The van der Waals surface area contributed by atoms with E-state index in [-0.39, 0.29) is 11.3 Å². The first kappa shape index (κ1) is 18.4. The van der Waals surface area contributed by atoms with E-state index in [0.717, 1.165) is 17.0 Å². The van der Waals surface area contributed by atoms with Crippen LogP contribution in [0.2, 0.25) is 0 Å². The number of carbonyl (C=O) groups is 1. The minimum Gasteiger partial charge on any atom is -0.497 e. The van der Waals surface area contributed by atoms with Crippen LogP contribution in [0.5, 0.6) is 5.75 Å². The lowest BCUT2D eigenvalue weighted by Crippen LogP contribution is -2.37. The number of aromatic nitrogens is 1. The molecule has 0 spiro atoms. The van der Waals surface area contributed by atoms with Gasteiger partial charge in [-0.2, -0.15) is 0 Å². The van der Waals surface area contributed by atoms with Gasteiger partial charge in [-0.15, -0.1) is 11.3 Å². The lowest BCUT2D eigenvalue weighted by atomic mass is 9.91. The molecular weight excluding hydrogens is 324 g/mol. The molecule has 0 saturated carbocycles. The zero-order chi connectivity index (χ0) is 17.9. The molecule has 0 aliphatic carbocycles. The van der Waals surface area contributed by atoms with Crippen molar-refractivity contribution in [3.8, 4) is 5.75 Å². The summed E-state index contributed by atoms with van der Waals surface area (Å²) in [5.74, 6) is 0.518. The monoisotopic (exact) mass is 348 g/mol. The smallest absolute Gasteiger partial charge is 0.263 e. The highest BCUT2D eigenvalue weighted by atomic mass is 32.1. The first-order valence-electron chi connectivity index (χ1n) is 7.81. The van der Waals surface area contributed by atoms with Crippen LogP contribution in [0.15, 0.2) is 29.8 Å². The van der Waals surface area contributed by atoms with Crippen LogP contribution in [0.3, 0.4) is 0 Å². The van der Waals surface area contributed by atoms with Crippen LogP contribution in [0.4, 0.5) is 0 Å². The number of methoxy groups -OCH3 is 1. The number of nitrogens with zero attached hydrogens (tertiary/aromatic N) is 1. The Kier molecular flexibility index (Phi) is 5.62. The third kappa shape index (κ3) is 4.13. The van der Waals surface area contributed by atoms with Crippen molar-refractivity contribution >= 4 is 17.2 Å². The van der Waals surface area contributed by atoms with Gasteiger partial charge in [-0.1, -0.05) is 32.9 Å². The molecule has 5 nitrogen and oxygen atoms in total. The van der Waals surface area contributed by atoms with Gasteiger partial charge in [0.25, 0.3) is 5.91 Å². The molecule has 1 amide bonds. The molecule has 24 heavy (non-hydrogen) atoms. The van der Waals surface area contributed by atoms with E-state index in [1.165, 1.54) is 11.3 Å². The van der Waals surface area contributed by atoms with Crippen LogP contribution in [-0.2, 0) is 5.41 Å². The molecule has 2 rings (SSSR count). The Bertz CT molecular complexity index is 689. The minimum atomic E-state index is -0.800. The molecule has 1 aromatic carbocycles.